The van der Waals surface area contributed by atoms with Crippen molar-refractivity contribution in [2.45, 2.75) is 12.8 Å². The van der Waals surface area contributed by atoms with Gasteiger partial charge >= 0.3 is 0 Å². The van der Waals surface area contributed by atoms with Crippen molar-refractivity contribution in [2.75, 3.05) is 0 Å². The molecule has 0 heteroatoms. The van der Waals surface area contributed by atoms with Gasteiger partial charge in [-0.2, -0.15) is 0 Å². The predicted molar refractivity (Wildman–Crippen MR) is 162 cm³/mol. The second-order valence-electron chi connectivity index (χ2n) is 9.72. The first-order valence-electron chi connectivity index (χ1n) is 13.3. The fourth-order valence-electron chi connectivity index (χ4n) is 5.26. The van der Waals surface area contributed by atoms with Crippen LogP contribution in [-0.4, -0.2) is 0 Å². The summed E-state index contributed by atoms with van der Waals surface area (Å²) in [6.07, 6.45) is 19.3. The lowest BCUT2D eigenvalue weighted by molar-refractivity contribution is 0.959. The summed E-state index contributed by atoms with van der Waals surface area (Å²) in [5, 5.41) is 0. The Morgan fingerprint density at radius 1 is 0.342 bits per heavy atom. The third-order valence-corrected chi connectivity index (χ3v) is 7.22. The van der Waals surface area contributed by atoms with E-state index in [2.05, 4.69) is 158 Å². The first-order chi connectivity index (χ1) is 18.8. The summed E-state index contributed by atoms with van der Waals surface area (Å²) in [5.74, 6) is 0. The summed E-state index contributed by atoms with van der Waals surface area (Å²) in [6, 6.07) is 39.6. The van der Waals surface area contributed by atoms with Crippen molar-refractivity contribution < 1.29 is 0 Å². The van der Waals surface area contributed by atoms with E-state index in [-0.39, 0.29) is 0 Å². The Morgan fingerprint density at radius 3 is 1.00 bits per heavy atom. The molecule has 0 aliphatic heterocycles. The zero-order valence-corrected chi connectivity index (χ0v) is 21.4. The van der Waals surface area contributed by atoms with Gasteiger partial charge in [0.05, 0.1) is 0 Å². The summed E-state index contributed by atoms with van der Waals surface area (Å²) in [5.41, 5.74) is 12.8. The molecule has 0 unspecified atom stereocenters. The summed E-state index contributed by atoms with van der Waals surface area (Å²) in [4.78, 5) is 0. The van der Waals surface area contributed by atoms with Crippen LogP contribution in [0.15, 0.2) is 169 Å². The molecule has 0 saturated heterocycles. The molecule has 0 amide bonds. The molecule has 182 valence electrons. The van der Waals surface area contributed by atoms with E-state index in [1.807, 2.05) is 0 Å². The average Bonchev–Trinajstić information content (AvgIpc) is 3.71. The molecule has 0 fully saturated rings. The highest BCUT2D eigenvalue weighted by Gasteiger charge is 2.12. The zero-order chi connectivity index (χ0) is 25.6. The van der Waals surface area contributed by atoms with Crippen LogP contribution in [0.3, 0.4) is 0 Å². The van der Waals surface area contributed by atoms with E-state index >= 15 is 0 Å². The molecule has 2 aliphatic rings. The van der Waals surface area contributed by atoms with Crippen LogP contribution in [0.2, 0.25) is 0 Å². The Labute approximate surface area is 226 Å². The van der Waals surface area contributed by atoms with E-state index in [1.54, 1.807) is 0 Å². The lowest BCUT2D eigenvalue weighted by Crippen LogP contribution is -1.95. The van der Waals surface area contributed by atoms with Crippen LogP contribution >= 0.6 is 0 Å². The van der Waals surface area contributed by atoms with Crippen LogP contribution in [0.5, 0.6) is 0 Å². The topological polar surface area (TPSA) is 0 Å². The lowest BCUT2D eigenvalue weighted by Gasteiger charge is -2.13. The minimum Gasteiger partial charge on any atom is -0.0622 e. The molecule has 0 nitrogen and oxygen atoms in total. The number of allylic oxidation sites excluding steroid dienone is 10. The third-order valence-electron chi connectivity index (χ3n) is 7.22. The van der Waals surface area contributed by atoms with Gasteiger partial charge < -0.3 is 0 Å². The molecule has 0 bridgehead atoms. The quantitative estimate of drug-likeness (QED) is 0.244. The summed E-state index contributed by atoms with van der Waals surface area (Å²) < 4.78 is 0. The highest BCUT2D eigenvalue weighted by Crippen LogP contribution is 2.32. The van der Waals surface area contributed by atoms with E-state index in [4.69, 9.17) is 0 Å². The van der Waals surface area contributed by atoms with Crippen LogP contribution < -0.4 is 0 Å². The number of hydrogen-bond acceptors (Lipinski definition) is 0. The SMILES string of the molecule is C1=CC(=C(c2ccccc2)c2ccc(CCc3ccc(C(=C4C=CC=C4)c4ccccc4)cc3)cc2)C=C1. The van der Waals surface area contributed by atoms with Gasteiger partial charge in [0, 0.05) is 0 Å². The van der Waals surface area contributed by atoms with E-state index in [0.717, 1.165) is 12.8 Å². The van der Waals surface area contributed by atoms with Gasteiger partial charge in [-0.3, -0.25) is 0 Å². The maximum atomic E-state index is 2.28. The minimum atomic E-state index is 1.02. The summed E-state index contributed by atoms with van der Waals surface area (Å²) in [7, 11) is 0. The Morgan fingerprint density at radius 2 is 0.658 bits per heavy atom. The van der Waals surface area contributed by atoms with Crippen molar-refractivity contribution in [3.63, 3.8) is 0 Å². The molecule has 4 aromatic rings. The molecule has 2 aliphatic carbocycles. The van der Waals surface area contributed by atoms with E-state index in [9.17, 15) is 0 Å². The molecule has 0 heterocycles. The molecular weight excluding hydrogens is 456 g/mol. The predicted octanol–water partition coefficient (Wildman–Crippen LogP) is 9.33. The van der Waals surface area contributed by atoms with Gasteiger partial charge in [0.1, 0.15) is 0 Å². The molecule has 0 aromatic heterocycles. The van der Waals surface area contributed by atoms with Gasteiger partial charge in [-0.25, -0.2) is 0 Å². The van der Waals surface area contributed by atoms with Gasteiger partial charge in [-0.15, -0.1) is 0 Å². The molecule has 0 radical (unpaired) electrons. The van der Waals surface area contributed by atoms with Gasteiger partial charge in [0.15, 0.2) is 0 Å². The fourth-order valence-corrected chi connectivity index (χ4v) is 5.26. The van der Waals surface area contributed by atoms with E-state index in [0.29, 0.717) is 0 Å². The van der Waals surface area contributed by atoms with Crippen molar-refractivity contribution in [1.82, 2.24) is 0 Å². The van der Waals surface area contributed by atoms with Crippen LogP contribution in [-0.2, 0) is 12.8 Å². The molecule has 6 rings (SSSR count). The van der Waals surface area contributed by atoms with Crippen molar-refractivity contribution in [2.24, 2.45) is 0 Å². The van der Waals surface area contributed by atoms with Crippen molar-refractivity contribution >= 4 is 11.1 Å². The van der Waals surface area contributed by atoms with Gasteiger partial charge in [-0.1, -0.05) is 158 Å². The van der Waals surface area contributed by atoms with E-state index < -0.39 is 0 Å². The third kappa shape index (κ3) is 5.21. The van der Waals surface area contributed by atoms with Crippen LogP contribution in [0.1, 0.15) is 33.4 Å². The molecule has 0 N–H and O–H groups in total. The monoisotopic (exact) mass is 486 g/mol. The Balaban J connectivity index is 1.18. The molecule has 4 aromatic carbocycles. The van der Waals surface area contributed by atoms with Crippen molar-refractivity contribution in [3.05, 3.63) is 202 Å². The van der Waals surface area contributed by atoms with Crippen LogP contribution in [0.25, 0.3) is 11.1 Å². The second kappa shape index (κ2) is 11.2. The Hall–Kier alpha value is -4.68. The first-order valence-corrected chi connectivity index (χ1v) is 13.3. The normalized spacial score (nSPS) is 13.5. The minimum absolute atomic E-state index is 1.02. The number of rotatable bonds is 7. The summed E-state index contributed by atoms with van der Waals surface area (Å²) >= 11 is 0. The molecular formula is C38H30. The largest absolute Gasteiger partial charge is 0.0622 e. The molecule has 0 spiro atoms. The maximum absolute atomic E-state index is 2.28. The maximum Gasteiger partial charge on any atom is -0.00389 e. The van der Waals surface area contributed by atoms with Crippen LogP contribution in [0.4, 0.5) is 0 Å². The van der Waals surface area contributed by atoms with Gasteiger partial charge in [0.25, 0.3) is 0 Å². The highest BCUT2D eigenvalue weighted by atomic mass is 14.2. The first kappa shape index (κ1) is 23.7. The number of benzene rings is 4. The standard InChI is InChI=1S/C38H30/c1-3-11-31(12-4-1)37(33-15-7-8-16-33)35-25-21-29(22-26-35)19-20-30-23-27-36(28-24-30)38(34-17-9-10-18-34)32-13-5-2-6-14-32/h1-18,21-28H,19-20H2. The van der Waals surface area contributed by atoms with Crippen molar-refractivity contribution in [1.29, 1.82) is 0 Å². The van der Waals surface area contributed by atoms with Gasteiger partial charge in [-0.05, 0) is 68.5 Å². The Bertz CT molecular complexity index is 1430. The Kier molecular flexibility index (Phi) is 6.96. The zero-order valence-electron chi connectivity index (χ0n) is 21.4. The smallest absolute Gasteiger partial charge is 0.00389 e. The van der Waals surface area contributed by atoms with Crippen molar-refractivity contribution in [3.8, 4) is 0 Å². The lowest BCUT2D eigenvalue weighted by atomic mass is 9.91. The van der Waals surface area contributed by atoms with Gasteiger partial charge in [0.2, 0.25) is 0 Å². The average molecular weight is 487 g/mol. The fraction of sp³-hybridized carbons (Fsp3) is 0.0526. The highest BCUT2D eigenvalue weighted by molar-refractivity contribution is 5.87. The number of aryl methyl sites for hydroxylation is 2. The van der Waals surface area contributed by atoms with E-state index in [1.165, 1.54) is 55.7 Å². The molecule has 38 heavy (non-hydrogen) atoms. The number of hydrogen-bond donors (Lipinski definition) is 0. The molecule has 0 saturated carbocycles. The second-order valence-corrected chi connectivity index (χ2v) is 9.72. The van der Waals surface area contributed by atoms with Crippen LogP contribution in [0, 0.1) is 0 Å². The summed E-state index contributed by atoms with van der Waals surface area (Å²) in [6.45, 7) is 0. The molecule has 0 atom stereocenters.